The lowest BCUT2D eigenvalue weighted by Crippen LogP contribution is -2.45. The molecule has 2 atom stereocenters. The fraction of sp³-hybridized carbons (Fsp3) is 0.579. The number of nitrogens with one attached hydrogen (secondary N) is 1. The van der Waals surface area contributed by atoms with Gasteiger partial charge in [0.2, 0.25) is 0 Å². The molecule has 0 spiro atoms. The van der Waals surface area contributed by atoms with Crippen LogP contribution in [0.15, 0.2) is 30.3 Å². The van der Waals surface area contributed by atoms with Crippen molar-refractivity contribution in [1.82, 2.24) is 20.1 Å². The monoisotopic (exact) mass is 326 g/mol. The Labute approximate surface area is 143 Å². The lowest BCUT2D eigenvalue weighted by molar-refractivity contribution is -0.0226. The van der Waals surface area contributed by atoms with E-state index in [1.165, 1.54) is 12.8 Å². The summed E-state index contributed by atoms with van der Waals surface area (Å²) in [6, 6.07) is 10.9. The van der Waals surface area contributed by atoms with E-state index >= 15 is 0 Å². The fourth-order valence-corrected chi connectivity index (χ4v) is 4.02. The van der Waals surface area contributed by atoms with E-state index < -0.39 is 0 Å². The molecule has 2 saturated heterocycles. The van der Waals surface area contributed by atoms with Gasteiger partial charge in [-0.05, 0) is 45.7 Å². The molecule has 1 aromatic carbocycles. The van der Waals surface area contributed by atoms with E-state index in [0.717, 1.165) is 49.8 Å². The third-order valence-corrected chi connectivity index (χ3v) is 5.42. The Bertz CT molecular complexity index is 648. The number of rotatable bonds is 3. The van der Waals surface area contributed by atoms with Crippen molar-refractivity contribution in [2.75, 3.05) is 19.7 Å². The minimum absolute atomic E-state index is 0.407. The van der Waals surface area contributed by atoms with Gasteiger partial charge in [0.1, 0.15) is 5.82 Å². The lowest BCUT2D eigenvalue weighted by Gasteiger charge is -2.40. The second-order valence-corrected chi connectivity index (χ2v) is 7.08. The van der Waals surface area contributed by atoms with Crippen LogP contribution in [0.4, 0.5) is 0 Å². The van der Waals surface area contributed by atoms with Gasteiger partial charge in [0, 0.05) is 24.1 Å². The van der Waals surface area contributed by atoms with Gasteiger partial charge in [0.15, 0.2) is 5.82 Å². The summed E-state index contributed by atoms with van der Waals surface area (Å²) in [6.07, 6.45) is 5.08. The molecule has 0 bridgehead atoms. The molecule has 2 fully saturated rings. The van der Waals surface area contributed by atoms with Crippen LogP contribution in [-0.2, 0) is 4.74 Å². The molecule has 1 aromatic heterocycles. The van der Waals surface area contributed by atoms with Crippen molar-refractivity contribution in [1.29, 1.82) is 0 Å². The van der Waals surface area contributed by atoms with Gasteiger partial charge in [-0.25, -0.2) is 4.98 Å². The van der Waals surface area contributed by atoms with Crippen LogP contribution < -0.4 is 0 Å². The smallest absolute Gasteiger partial charge is 0.181 e. The van der Waals surface area contributed by atoms with Gasteiger partial charge in [-0.1, -0.05) is 30.3 Å². The van der Waals surface area contributed by atoms with Crippen molar-refractivity contribution in [3.63, 3.8) is 0 Å². The van der Waals surface area contributed by atoms with Gasteiger partial charge >= 0.3 is 0 Å². The van der Waals surface area contributed by atoms with Crippen LogP contribution in [0.1, 0.15) is 44.3 Å². The summed E-state index contributed by atoms with van der Waals surface area (Å²) in [4.78, 5) is 7.41. The summed E-state index contributed by atoms with van der Waals surface area (Å²) >= 11 is 0. The van der Waals surface area contributed by atoms with Crippen LogP contribution in [0.3, 0.4) is 0 Å². The molecule has 0 unspecified atom stereocenters. The molecule has 0 saturated carbocycles. The first kappa shape index (κ1) is 15.8. The van der Waals surface area contributed by atoms with E-state index in [9.17, 15) is 0 Å². The zero-order chi connectivity index (χ0) is 16.4. The molecular weight excluding hydrogens is 300 g/mol. The standard InChI is InChI=1S/C19H26N4O/c1-14-13-17(9-12-24-14)23-10-7-16(8-11-23)19-20-18(21-22-19)15-5-3-2-4-6-15/h2-6,14,16-17H,7-13H2,1H3,(H,20,21,22)/t14-,17-/m1/s1. The molecule has 4 rings (SSSR count). The summed E-state index contributed by atoms with van der Waals surface area (Å²) in [5.74, 6) is 2.36. The predicted octanol–water partition coefficient (Wildman–Crippen LogP) is 3.22. The van der Waals surface area contributed by atoms with Crippen LogP contribution in [0, 0.1) is 0 Å². The fourth-order valence-electron chi connectivity index (χ4n) is 4.02. The quantitative estimate of drug-likeness (QED) is 0.941. The van der Waals surface area contributed by atoms with E-state index in [1.54, 1.807) is 0 Å². The molecule has 2 aliphatic heterocycles. The van der Waals surface area contributed by atoms with Crippen LogP contribution in [0.5, 0.6) is 0 Å². The molecule has 5 heteroatoms. The highest BCUT2D eigenvalue weighted by Gasteiger charge is 2.30. The molecule has 3 heterocycles. The number of piperidine rings is 1. The number of ether oxygens (including phenoxy) is 1. The maximum atomic E-state index is 5.68. The van der Waals surface area contributed by atoms with Crippen molar-refractivity contribution >= 4 is 0 Å². The zero-order valence-electron chi connectivity index (χ0n) is 14.3. The van der Waals surface area contributed by atoms with Crippen LogP contribution >= 0.6 is 0 Å². The molecule has 1 N–H and O–H groups in total. The Hall–Kier alpha value is -1.72. The number of benzene rings is 1. The first-order valence-corrected chi connectivity index (χ1v) is 9.13. The first-order chi connectivity index (χ1) is 11.8. The van der Waals surface area contributed by atoms with Gasteiger partial charge in [0.05, 0.1) is 6.10 Å². The third kappa shape index (κ3) is 3.37. The highest BCUT2D eigenvalue weighted by atomic mass is 16.5. The highest BCUT2D eigenvalue weighted by molar-refractivity contribution is 5.53. The minimum atomic E-state index is 0.407. The SMILES string of the molecule is C[C@@H]1C[C@H](N2CCC(c3nc(-c4ccccc4)n[nH]3)CC2)CCO1. The number of nitrogens with zero attached hydrogens (tertiary/aromatic N) is 3. The second-order valence-electron chi connectivity index (χ2n) is 7.08. The van der Waals surface area contributed by atoms with Gasteiger partial charge in [-0.15, -0.1) is 0 Å². The largest absolute Gasteiger partial charge is 0.378 e. The molecule has 2 aliphatic rings. The average Bonchev–Trinajstić information content (AvgIpc) is 3.13. The van der Waals surface area contributed by atoms with Crippen LogP contribution in [0.25, 0.3) is 11.4 Å². The maximum Gasteiger partial charge on any atom is 0.181 e. The number of hydrogen-bond acceptors (Lipinski definition) is 4. The van der Waals surface area contributed by atoms with Gasteiger partial charge < -0.3 is 9.64 Å². The molecule has 0 aliphatic carbocycles. The second kappa shape index (κ2) is 7.03. The normalized spacial score (nSPS) is 26.5. The number of aromatic nitrogens is 3. The summed E-state index contributed by atoms with van der Waals surface area (Å²) < 4.78 is 5.68. The Balaban J connectivity index is 1.37. The summed E-state index contributed by atoms with van der Waals surface area (Å²) in [7, 11) is 0. The molecular formula is C19H26N4O. The number of hydrogen-bond donors (Lipinski definition) is 1. The Morgan fingerprint density at radius 1 is 1.12 bits per heavy atom. The van der Waals surface area contributed by atoms with Crippen molar-refractivity contribution < 1.29 is 4.74 Å². The Morgan fingerprint density at radius 2 is 1.92 bits per heavy atom. The van der Waals surface area contributed by atoms with E-state index in [-0.39, 0.29) is 0 Å². The summed E-state index contributed by atoms with van der Waals surface area (Å²) in [5, 5.41) is 7.59. The van der Waals surface area contributed by atoms with Crippen LogP contribution in [-0.4, -0.2) is 51.9 Å². The zero-order valence-corrected chi connectivity index (χ0v) is 14.3. The molecule has 24 heavy (non-hydrogen) atoms. The average molecular weight is 326 g/mol. The topological polar surface area (TPSA) is 54.0 Å². The minimum Gasteiger partial charge on any atom is -0.378 e. The van der Waals surface area contributed by atoms with Crippen LogP contribution in [0.2, 0.25) is 0 Å². The van der Waals surface area contributed by atoms with Crippen molar-refractivity contribution in [3.8, 4) is 11.4 Å². The number of H-pyrrole nitrogens is 1. The first-order valence-electron chi connectivity index (χ1n) is 9.13. The van der Waals surface area contributed by atoms with E-state index in [1.807, 2.05) is 18.2 Å². The maximum absolute atomic E-state index is 5.68. The number of likely N-dealkylation sites (tertiary alicyclic amines) is 1. The number of aromatic amines is 1. The molecule has 0 radical (unpaired) electrons. The predicted molar refractivity (Wildman–Crippen MR) is 93.8 cm³/mol. The van der Waals surface area contributed by atoms with Gasteiger partial charge in [-0.3, -0.25) is 5.10 Å². The molecule has 0 amide bonds. The third-order valence-electron chi connectivity index (χ3n) is 5.42. The molecule has 128 valence electrons. The lowest BCUT2D eigenvalue weighted by atomic mass is 9.93. The summed E-state index contributed by atoms with van der Waals surface area (Å²) in [6.45, 7) is 5.42. The van der Waals surface area contributed by atoms with E-state index in [2.05, 4.69) is 34.2 Å². The van der Waals surface area contributed by atoms with E-state index in [4.69, 9.17) is 9.72 Å². The van der Waals surface area contributed by atoms with E-state index in [0.29, 0.717) is 18.1 Å². The van der Waals surface area contributed by atoms with Gasteiger partial charge in [0.25, 0.3) is 0 Å². The Kier molecular flexibility index (Phi) is 4.63. The molecule has 2 aromatic rings. The molecule has 5 nitrogen and oxygen atoms in total. The highest BCUT2D eigenvalue weighted by Crippen LogP contribution is 2.30. The Morgan fingerprint density at radius 3 is 2.67 bits per heavy atom. The van der Waals surface area contributed by atoms with Gasteiger partial charge in [-0.2, -0.15) is 5.10 Å². The van der Waals surface area contributed by atoms with Crippen molar-refractivity contribution in [2.24, 2.45) is 0 Å². The van der Waals surface area contributed by atoms with Crippen molar-refractivity contribution in [2.45, 2.75) is 50.7 Å². The van der Waals surface area contributed by atoms with Crippen molar-refractivity contribution in [3.05, 3.63) is 36.2 Å². The summed E-state index contributed by atoms with van der Waals surface area (Å²) in [5.41, 5.74) is 1.08.